The van der Waals surface area contributed by atoms with Crippen LogP contribution in [0, 0.1) is 5.41 Å². The Balaban J connectivity index is 2.26. The predicted molar refractivity (Wildman–Crippen MR) is 96.2 cm³/mol. The average Bonchev–Trinajstić information content (AvgIpc) is 2.39. The van der Waals surface area contributed by atoms with E-state index in [-0.39, 0.29) is 5.54 Å². The second kappa shape index (κ2) is 8.69. The molecule has 2 heteroatoms. The van der Waals surface area contributed by atoms with E-state index in [1.807, 2.05) is 0 Å². The summed E-state index contributed by atoms with van der Waals surface area (Å²) in [7, 11) is 0. The van der Waals surface area contributed by atoms with Crippen molar-refractivity contribution in [2.45, 2.75) is 73.0 Å². The van der Waals surface area contributed by atoms with Crippen molar-refractivity contribution in [2.75, 3.05) is 13.2 Å². The van der Waals surface area contributed by atoms with Crippen LogP contribution < -0.4 is 5.32 Å². The number of aryl methyl sites for hydroxylation is 1. The largest absolute Gasteiger partial charge is 0.377 e. The Morgan fingerprint density at radius 3 is 2.32 bits per heavy atom. The van der Waals surface area contributed by atoms with Gasteiger partial charge in [-0.2, -0.15) is 0 Å². The zero-order valence-electron chi connectivity index (χ0n) is 15.5. The molecule has 22 heavy (non-hydrogen) atoms. The molecular weight excluding hydrogens is 270 g/mol. The van der Waals surface area contributed by atoms with Crippen LogP contribution in [-0.2, 0) is 17.8 Å². The van der Waals surface area contributed by atoms with Crippen LogP contribution in [0.1, 0.15) is 65.5 Å². The van der Waals surface area contributed by atoms with Gasteiger partial charge in [-0.1, -0.05) is 45.0 Å². The van der Waals surface area contributed by atoms with Crippen molar-refractivity contribution in [3.05, 3.63) is 35.4 Å². The molecule has 1 N–H and O–H groups in total. The van der Waals surface area contributed by atoms with E-state index < -0.39 is 0 Å². The molecule has 0 heterocycles. The van der Waals surface area contributed by atoms with E-state index in [9.17, 15) is 0 Å². The van der Waals surface area contributed by atoms with Gasteiger partial charge in [0.15, 0.2) is 0 Å². The minimum atomic E-state index is 0.196. The highest BCUT2D eigenvalue weighted by atomic mass is 16.5. The van der Waals surface area contributed by atoms with Crippen LogP contribution in [0.5, 0.6) is 0 Å². The van der Waals surface area contributed by atoms with Gasteiger partial charge in [0.1, 0.15) is 0 Å². The molecule has 0 fully saturated rings. The van der Waals surface area contributed by atoms with Crippen molar-refractivity contribution >= 4 is 0 Å². The maximum atomic E-state index is 5.79. The third-order valence-corrected chi connectivity index (χ3v) is 3.54. The molecule has 0 bridgehead atoms. The van der Waals surface area contributed by atoms with Crippen LogP contribution in [0.4, 0.5) is 0 Å². The maximum absolute atomic E-state index is 5.79. The Bertz CT molecular complexity index is 426. The quantitative estimate of drug-likeness (QED) is 0.685. The van der Waals surface area contributed by atoms with Gasteiger partial charge in [-0.05, 0) is 63.1 Å². The summed E-state index contributed by atoms with van der Waals surface area (Å²) >= 11 is 0. The maximum Gasteiger partial charge on any atom is 0.0716 e. The van der Waals surface area contributed by atoms with Crippen LogP contribution in [-0.4, -0.2) is 18.7 Å². The summed E-state index contributed by atoms with van der Waals surface area (Å²) in [5.74, 6) is 0. The lowest BCUT2D eigenvalue weighted by Gasteiger charge is -2.20. The molecule has 0 unspecified atom stereocenters. The predicted octanol–water partition coefficient (Wildman–Crippen LogP) is 4.96. The number of hydrogen-bond acceptors (Lipinski definition) is 2. The van der Waals surface area contributed by atoms with E-state index in [4.69, 9.17) is 4.74 Å². The van der Waals surface area contributed by atoms with Gasteiger partial charge in [0, 0.05) is 12.1 Å². The molecule has 0 atom stereocenters. The molecule has 0 saturated carbocycles. The fraction of sp³-hybridized carbons (Fsp3) is 0.700. The van der Waals surface area contributed by atoms with Gasteiger partial charge in [-0.15, -0.1) is 0 Å². The lowest BCUT2D eigenvalue weighted by Crippen LogP contribution is -2.36. The highest BCUT2D eigenvalue weighted by Gasteiger charge is 2.10. The van der Waals surface area contributed by atoms with Gasteiger partial charge >= 0.3 is 0 Å². The van der Waals surface area contributed by atoms with E-state index in [1.165, 1.54) is 17.5 Å². The van der Waals surface area contributed by atoms with Crippen LogP contribution >= 0.6 is 0 Å². The van der Waals surface area contributed by atoms with E-state index in [2.05, 4.69) is 71.1 Å². The summed E-state index contributed by atoms with van der Waals surface area (Å²) in [5, 5.41) is 3.48. The standard InChI is InChI=1S/C20H35NO/c1-19(2,3)12-11-17-9-7-10-18(15-17)16-22-14-8-13-21-20(4,5)6/h7,9-10,15,21H,8,11-14,16H2,1-6H3. The normalized spacial score (nSPS) is 12.6. The molecule has 1 rings (SSSR count). The number of rotatable bonds is 8. The van der Waals surface area contributed by atoms with Crippen LogP contribution in [0.15, 0.2) is 24.3 Å². The topological polar surface area (TPSA) is 21.3 Å². The zero-order chi connectivity index (χ0) is 16.6. The summed E-state index contributed by atoms with van der Waals surface area (Å²) in [6, 6.07) is 8.83. The van der Waals surface area contributed by atoms with Crippen LogP contribution in [0.3, 0.4) is 0 Å². The van der Waals surface area contributed by atoms with Crippen molar-refractivity contribution in [2.24, 2.45) is 5.41 Å². The van der Waals surface area contributed by atoms with Crippen molar-refractivity contribution in [1.82, 2.24) is 5.32 Å². The summed E-state index contributed by atoms with van der Waals surface area (Å²) in [6.45, 7) is 16.0. The number of ether oxygens (including phenoxy) is 1. The SMILES string of the molecule is CC(C)(C)CCc1cccc(COCCCNC(C)(C)C)c1. The van der Waals surface area contributed by atoms with Crippen LogP contribution in [0.2, 0.25) is 0 Å². The van der Waals surface area contributed by atoms with Crippen LogP contribution in [0.25, 0.3) is 0 Å². The van der Waals surface area contributed by atoms with E-state index in [1.54, 1.807) is 0 Å². The van der Waals surface area contributed by atoms with Gasteiger partial charge in [-0.3, -0.25) is 0 Å². The molecule has 0 saturated heterocycles. The first-order valence-corrected chi connectivity index (χ1v) is 8.56. The van der Waals surface area contributed by atoms with Crippen molar-refractivity contribution in [3.8, 4) is 0 Å². The monoisotopic (exact) mass is 305 g/mol. The molecule has 126 valence electrons. The number of nitrogens with one attached hydrogen (secondary N) is 1. The molecule has 0 spiro atoms. The first-order valence-electron chi connectivity index (χ1n) is 8.56. The first-order chi connectivity index (χ1) is 10.2. The van der Waals surface area contributed by atoms with Crippen molar-refractivity contribution in [1.29, 1.82) is 0 Å². The lowest BCUT2D eigenvalue weighted by atomic mass is 9.88. The molecule has 1 aromatic rings. The third kappa shape index (κ3) is 9.97. The molecule has 2 nitrogen and oxygen atoms in total. The Labute approximate surface area is 137 Å². The van der Waals surface area contributed by atoms with Crippen molar-refractivity contribution in [3.63, 3.8) is 0 Å². The molecule has 0 amide bonds. The number of benzene rings is 1. The summed E-state index contributed by atoms with van der Waals surface area (Å²) in [5.41, 5.74) is 3.30. The Morgan fingerprint density at radius 2 is 1.68 bits per heavy atom. The Morgan fingerprint density at radius 1 is 1.00 bits per heavy atom. The summed E-state index contributed by atoms with van der Waals surface area (Å²) in [4.78, 5) is 0. The van der Waals surface area contributed by atoms with Gasteiger partial charge < -0.3 is 10.1 Å². The number of hydrogen-bond donors (Lipinski definition) is 1. The summed E-state index contributed by atoms with van der Waals surface area (Å²) in [6.07, 6.45) is 3.42. The minimum absolute atomic E-state index is 0.196. The molecule has 0 radical (unpaired) electrons. The molecule has 0 aromatic heterocycles. The minimum Gasteiger partial charge on any atom is -0.377 e. The second-order valence-electron chi connectivity index (χ2n) is 8.46. The lowest BCUT2D eigenvalue weighted by molar-refractivity contribution is 0.117. The van der Waals surface area contributed by atoms with E-state index >= 15 is 0 Å². The fourth-order valence-electron chi connectivity index (χ4n) is 2.22. The Hall–Kier alpha value is -0.860. The van der Waals surface area contributed by atoms with E-state index in [0.717, 1.165) is 32.6 Å². The molecule has 0 aliphatic heterocycles. The molecule has 0 aliphatic rings. The van der Waals surface area contributed by atoms with Gasteiger partial charge in [0.05, 0.1) is 6.61 Å². The van der Waals surface area contributed by atoms with Gasteiger partial charge in [0.2, 0.25) is 0 Å². The Kier molecular flexibility index (Phi) is 7.58. The molecule has 1 aromatic carbocycles. The highest BCUT2D eigenvalue weighted by molar-refractivity contribution is 5.23. The van der Waals surface area contributed by atoms with Crippen molar-refractivity contribution < 1.29 is 4.74 Å². The summed E-state index contributed by atoms with van der Waals surface area (Å²) < 4.78 is 5.79. The molecule has 0 aliphatic carbocycles. The smallest absolute Gasteiger partial charge is 0.0716 e. The van der Waals surface area contributed by atoms with Gasteiger partial charge in [0.25, 0.3) is 0 Å². The first kappa shape index (κ1) is 19.2. The zero-order valence-corrected chi connectivity index (χ0v) is 15.5. The average molecular weight is 306 g/mol. The molecular formula is C20H35NO. The third-order valence-electron chi connectivity index (χ3n) is 3.54. The second-order valence-corrected chi connectivity index (χ2v) is 8.46. The van der Waals surface area contributed by atoms with E-state index in [0.29, 0.717) is 5.41 Å². The highest BCUT2D eigenvalue weighted by Crippen LogP contribution is 2.21. The van der Waals surface area contributed by atoms with Gasteiger partial charge in [-0.25, -0.2) is 0 Å². The fourth-order valence-corrected chi connectivity index (χ4v) is 2.22.